The summed E-state index contributed by atoms with van der Waals surface area (Å²) in [5.41, 5.74) is -1.13. The quantitative estimate of drug-likeness (QED) is 0.0358. The Morgan fingerprint density at radius 2 is 0.614 bits per heavy atom. The van der Waals surface area contributed by atoms with Gasteiger partial charge in [0, 0.05) is 0 Å². The number of carbonyl (C=O) groups is 2. The summed E-state index contributed by atoms with van der Waals surface area (Å²) in [5.74, 6) is -1.42. The number of rotatable bonds is 55. The molecule has 6 heteroatoms. The minimum Gasteiger partial charge on any atom is -0.465 e. The first-order chi connectivity index (χ1) is 34.6. The van der Waals surface area contributed by atoms with Gasteiger partial charge < -0.3 is 19.7 Å². The van der Waals surface area contributed by atoms with Crippen LogP contribution in [-0.2, 0) is 19.1 Å². The van der Waals surface area contributed by atoms with E-state index in [1.54, 1.807) is 0 Å². The van der Waals surface area contributed by atoms with E-state index in [4.69, 9.17) is 9.47 Å². The first-order valence-electron chi connectivity index (χ1n) is 31.8. The number of aliphatic hydroxyl groups excluding tert-OH is 2. The molecule has 0 radical (unpaired) electrons. The minimum atomic E-state index is -1.13. The van der Waals surface area contributed by atoms with Crippen molar-refractivity contribution in [3.63, 3.8) is 0 Å². The van der Waals surface area contributed by atoms with Crippen LogP contribution in [0.25, 0.3) is 0 Å². The molecule has 1 atom stereocenters. The van der Waals surface area contributed by atoms with E-state index in [1.165, 1.54) is 308 Å². The van der Waals surface area contributed by atoms with Crippen molar-refractivity contribution in [2.24, 2.45) is 11.3 Å². The van der Waals surface area contributed by atoms with E-state index in [2.05, 4.69) is 19.1 Å². The van der Waals surface area contributed by atoms with E-state index < -0.39 is 36.5 Å². The van der Waals surface area contributed by atoms with E-state index in [0.29, 0.717) is 6.42 Å². The Hall–Kier alpha value is -1.40. The molecule has 6 nitrogen and oxygen atoms in total. The van der Waals surface area contributed by atoms with Crippen LogP contribution in [0.5, 0.6) is 0 Å². The third-order valence-corrected chi connectivity index (χ3v) is 15.8. The fraction of sp³-hybridized carbons (Fsp3) is 0.938. The van der Waals surface area contributed by atoms with Gasteiger partial charge in [0.2, 0.25) is 0 Å². The van der Waals surface area contributed by atoms with E-state index in [1.807, 2.05) is 0 Å². The highest BCUT2D eigenvalue weighted by Crippen LogP contribution is 2.25. The predicted octanol–water partition coefficient (Wildman–Crippen LogP) is 19.9. The van der Waals surface area contributed by atoms with E-state index in [9.17, 15) is 19.8 Å². The van der Waals surface area contributed by atoms with Crippen LogP contribution in [-0.4, -0.2) is 48.6 Å². The molecule has 1 saturated heterocycles. The Morgan fingerprint density at radius 3 is 0.886 bits per heavy atom. The summed E-state index contributed by atoms with van der Waals surface area (Å²) in [7, 11) is 0. The molecule has 0 aromatic heterocycles. The largest absolute Gasteiger partial charge is 0.465 e. The maximum atomic E-state index is 12.5. The molecule has 70 heavy (non-hydrogen) atoms. The van der Waals surface area contributed by atoms with Crippen molar-refractivity contribution in [3.05, 3.63) is 12.2 Å². The SMILES string of the molecule is CCCCCCCCCCCCCCCCCCCCCCCCCCCCCCCCCCCCCCCCCCCCC/C=C/CCCCCCCCC1CC(=O)OCC(CO)(CO)COC1=O. The average molecular weight is 988 g/mol. The van der Waals surface area contributed by atoms with Crippen LogP contribution in [0, 0.1) is 11.3 Å². The lowest BCUT2D eigenvalue weighted by Gasteiger charge is -2.27. The van der Waals surface area contributed by atoms with Crippen LogP contribution in [0.15, 0.2) is 12.2 Å². The summed E-state index contributed by atoms with van der Waals surface area (Å²) in [6, 6.07) is 0. The lowest BCUT2D eigenvalue weighted by molar-refractivity contribution is -0.155. The molecule has 1 fully saturated rings. The van der Waals surface area contributed by atoms with Crippen LogP contribution in [0.2, 0.25) is 0 Å². The van der Waals surface area contributed by atoms with Gasteiger partial charge in [0.1, 0.15) is 13.2 Å². The molecule has 1 aliphatic heterocycles. The summed E-state index contributed by atoms with van der Waals surface area (Å²) in [5, 5.41) is 19.2. The van der Waals surface area contributed by atoms with Gasteiger partial charge in [-0.3, -0.25) is 9.59 Å². The van der Waals surface area contributed by atoms with Crippen molar-refractivity contribution in [1.82, 2.24) is 0 Å². The maximum absolute atomic E-state index is 12.5. The van der Waals surface area contributed by atoms with Gasteiger partial charge in [0.15, 0.2) is 0 Å². The normalized spacial score (nSPS) is 15.3. The van der Waals surface area contributed by atoms with Crippen LogP contribution in [0.1, 0.15) is 347 Å². The van der Waals surface area contributed by atoms with Gasteiger partial charge in [-0.05, 0) is 32.1 Å². The Bertz CT molecular complexity index is 1100. The molecule has 0 aromatic carbocycles. The van der Waals surface area contributed by atoms with Gasteiger partial charge in [-0.2, -0.15) is 0 Å². The van der Waals surface area contributed by atoms with E-state index >= 15 is 0 Å². The van der Waals surface area contributed by atoms with Crippen LogP contribution >= 0.6 is 0 Å². The molecule has 1 unspecified atom stereocenters. The lowest BCUT2D eigenvalue weighted by Crippen LogP contribution is -2.40. The Labute approximate surface area is 436 Å². The zero-order valence-corrected chi connectivity index (χ0v) is 47.1. The van der Waals surface area contributed by atoms with E-state index in [0.717, 1.165) is 19.3 Å². The fourth-order valence-corrected chi connectivity index (χ4v) is 10.6. The second kappa shape index (κ2) is 53.9. The molecule has 1 aliphatic rings. The monoisotopic (exact) mass is 987 g/mol. The minimum absolute atomic E-state index is 0.00203. The number of aliphatic hydroxyl groups is 2. The molecule has 0 aliphatic carbocycles. The smallest absolute Gasteiger partial charge is 0.309 e. The average Bonchev–Trinajstić information content (AvgIpc) is 3.43. The Kier molecular flexibility index (Phi) is 51.3. The summed E-state index contributed by atoms with van der Waals surface area (Å²) in [6.07, 6.45) is 77.2. The van der Waals surface area contributed by atoms with Gasteiger partial charge in [0.05, 0.1) is 31.0 Å². The van der Waals surface area contributed by atoms with Crippen LogP contribution in [0.3, 0.4) is 0 Å². The van der Waals surface area contributed by atoms with Crippen LogP contribution in [0.4, 0.5) is 0 Å². The van der Waals surface area contributed by atoms with E-state index in [-0.39, 0.29) is 19.6 Å². The fourth-order valence-electron chi connectivity index (χ4n) is 10.6. The number of hydrogen-bond acceptors (Lipinski definition) is 6. The van der Waals surface area contributed by atoms with Gasteiger partial charge in [-0.15, -0.1) is 0 Å². The zero-order valence-electron chi connectivity index (χ0n) is 47.1. The lowest BCUT2D eigenvalue weighted by atomic mass is 9.92. The molecule has 0 spiro atoms. The molecular weight excluding hydrogens is 865 g/mol. The zero-order chi connectivity index (χ0) is 50.4. The van der Waals surface area contributed by atoms with Crippen LogP contribution < -0.4 is 0 Å². The third-order valence-electron chi connectivity index (χ3n) is 15.8. The van der Waals surface area contributed by atoms with Crippen molar-refractivity contribution >= 4 is 11.9 Å². The van der Waals surface area contributed by atoms with Crippen molar-refractivity contribution in [1.29, 1.82) is 0 Å². The number of hydrogen-bond donors (Lipinski definition) is 2. The van der Waals surface area contributed by atoms with Crippen molar-refractivity contribution in [2.45, 2.75) is 347 Å². The summed E-state index contributed by atoms with van der Waals surface area (Å²) in [6.45, 7) is 1.20. The highest BCUT2D eigenvalue weighted by Gasteiger charge is 2.36. The summed E-state index contributed by atoms with van der Waals surface area (Å²) in [4.78, 5) is 24.7. The first-order valence-corrected chi connectivity index (χ1v) is 31.8. The molecule has 1 heterocycles. The molecular formula is C64H122O6. The standard InChI is InChI=1S/C64H122O6/c1-2-3-4-5-6-7-8-9-10-11-12-13-14-15-16-17-18-19-20-21-22-23-24-25-26-27-28-29-30-31-32-33-34-35-36-37-38-39-40-41-42-43-44-45-46-47-48-49-50-51-52-53-54-55-61-56-62(67)69-59-64(57-65,58-66)60-70-63(61)68/h46-47,61,65-66H,2-45,48-60H2,1H3/b47-46+. The van der Waals surface area contributed by atoms with Crippen molar-refractivity contribution in [3.8, 4) is 0 Å². The van der Waals surface area contributed by atoms with Crippen molar-refractivity contribution in [2.75, 3.05) is 26.4 Å². The second-order valence-electron chi connectivity index (χ2n) is 22.8. The number of esters is 2. The Morgan fingerprint density at radius 1 is 0.371 bits per heavy atom. The summed E-state index contributed by atoms with van der Waals surface area (Å²) >= 11 is 0. The number of cyclic esters (lactones) is 2. The number of allylic oxidation sites excluding steroid dienone is 2. The van der Waals surface area contributed by atoms with Gasteiger partial charge in [-0.25, -0.2) is 0 Å². The highest BCUT2D eigenvalue weighted by molar-refractivity contribution is 5.80. The molecule has 0 aromatic rings. The number of ether oxygens (including phenoxy) is 2. The first kappa shape index (κ1) is 66.6. The predicted molar refractivity (Wildman–Crippen MR) is 302 cm³/mol. The highest BCUT2D eigenvalue weighted by atomic mass is 16.6. The van der Waals surface area contributed by atoms with Crippen molar-refractivity contribution < 1.29 is 29.3 Å². The topological polar surface area (TPSA) is 93.1 Å². The molecule has 0 amide bonds. The molecule has 0 saturated carbocycles. The molecule has 414 valence electrons. The van der Waals surface area contributed by atoms with Gasteiger partial charge in [0.25, 0.3) is 0 Å². The maximum Gasteiger partial charge on any atom is 0.309 e. The number of carbonyl (C=O) groups excluding carboxylic acids is 2. The Balaban J connectivity index is 1.68. The molecule has 1 rings (SSSR count). The van der Waals surface area contributed by atoms with Gasteiger partial charge in [-0.1, -0.05) is 321 Å². The second-order valence-corrected chi connectivity index (χ2v) is 22.8. The molecule has 0 bridgehead atoms. The third kappa shape index (κ3) is 45.2. The summed E-state index contributed by atoms with van der Waals surface area (Å²) < 4.78 is 10.6. The molecule has 2 N–H and O–H groups in total. The van der Waals surface area contributed by atoms with Gasteiger partial charge >= 0.3 is 11.9 Å². The number of unbranched alkanes of at least 4 members (excludes halogenated alkanes) is 49.